The van der Waals surface area contributed by atoms with E-state index in [-0.39, 0.29) is 17.3 Å². The first-order valence-corrected chi connectivity index (χ1v) is 5.34. The van der Waals surface area contributed by atoms with Gasteiger partial charge in [-0.3, -0.25) is 14.6 Å². The molecule has 0 fully saturated rings. The number of aryl methyl sites for hydroxylation is 1. The fraction of sp³-hybridized carbons (Fsp3) is 0.0714. The van der Waals surface area contributed by atoms with Crippen molar-refractivity contribution in [1.29, 1.82) is 0 Å². The normalized spacial score (nSPS) is 13.2. The second kappa shape index (κ2) is 3.35. The molecule has 0 bridgehead atoms. The number of hydrogen-bond donors (Lipinski definition) is 0. The van der Waals surface area contributed by atoms with Crippen molar-refractivity contribution in [3.8, 4) is 0 Å². The van der Waals surface area contributed by atoms with Crippen LogP contribution in [-0.4, -0.2) is 16.6 Å². The van der Waals surface area contributed by atoms with Crippen LogP contribution in [0.4, 0.5) is 0 Å². The van der Waals surface area contributed by atoms with Crippen molar-refractivity contribution >= 4 is 11.6 Å². The zero-order valence-corrected chi connectivity index (χ0v) is 9.23. The molecular weight excluding hydrogens is 214 g/mol. The Kier molecular flexibility index (Phi) is 1.95. The van der Waals surface area contributed by atoms with Crippen molar-refractivity contribution in [1.82, 2.24) is 4.98 Å². The van der Waals surface area contributed by atoms with Crippen molar-refractivity contribution in [3.05, 3.63) is 64.5 Å². The van der Waals surface area contributed by atoms with E-state index < -0.39 is 0 Å². The molecule has 17 heavy (non-hydrogen) atoms. The van der Waals surface area contributed by atoms with Gasteiger partial charge in [0.1, 0.15) is 5.69 Å². The molecule has 0 saturated carbocycles. The number of hydrogen-bond acceptors (Lipinski definition) is 3. The van der Waals surface area contributed by atoms with E-state index in [0.29, 0.717) is 16.7 Å². The molecule has 3 nitrogen and oxygen atoms in total. The summed E-state index contributed by atoms with van der Waals surface area (Å²) in [5.41, 5.74) is 2.43. The quantitative estimate of drug-likeness (QED) is 0.586. The van der Waals surface area contributed by atoms with Crippen LogP contribution in [0.1, 0.15) is 37.5 Å². The molecule has 0 N–H and O–H groups in total. The minimum Gasteiger partial charge on any atom is -0.288 e. The molecule has 1 aliphatic rings. The van der Waals surface area contributed by atoms with Gasteiger partial charge >= 0.3 is 0 Å². The third kappa shape index (κ3) is 1.25. The fourth-order valence-corrected chi connectivity index (χ4v) is 2.16. The zero-order valence-electron chi connectivity index (χ0n) is 9.23. The summed E-state index contributed by atoms with van der Waals surface area (Å²) in [5, 5.41) is 0. The summed E-state index contributed by atoms with van der Waals surface area (Å²) in [5.74, 6) is -0.278. The number of aromatic nitrogens is 1. The lowest BCUT2D eigenvalue weighted by Gasteiger charge is -2.17. The Labute approximate surface area is 98.1 Å². The molecule has 0 atom stereocenters. The molecule has 2 aromatic rings. The molecule has 1 aromatic heterocycles. The second-order valence-electron chi connectivity index (χ2n) is 4.06. The number of benzene rings is 1. The van der Waals surface area contributed by atoms with Gasteiger partial charge in [-0.25, -0.2) is 0 Å². The predicted molar refractivity (Wildman–Crippen MR) is 62.3 cm³/mol. The Hall–Kier alpha value is -2.29. The first kappa shape index (κ1) is 9.90. The number of carbonyl (C=O) groups excluding carboxylic acids is 2. The van der Waals surface area contributed by atoms with E-state index in [0.717, 1.165) is 5.56 Å². The van der Waals surface area contributed by atoms with Crippen LogP contribution in [-0.2, 0) is 0 Å². The van der Waals surface area contributed by atoms with E-state index in [9.17, 15) is 9.59 Å². The van der Waals surface area contributed by atoms with Gasteiger partial charge < -0.3 is 0 Å². The second-order valence-corrected chi connectivity index (χ2v) is 4.06. The largest absolute Gasteiger partial charge is 0.288 e. The van der Waals surface area contributed by atoms with Gasteiger partial charge in [0.2, 0.25) is 5.78 Å². The van der Waals surface area contributed by atoms with Gasteiger partial charge in [-0.15, -0.1) is 0 Å². The Morgan fingerprint density at radius 2 is 1.59 bits per heavy atom. The highest BCUT2D eigenvalue weighted by Gasteiger charge is 2.31. The summed E-state index contributed by atoms with van der Waals surface area (Å²) in [6, 6.07) is 8.62. The molecule has 82 valence electrons. The molecule has 0 spiro atoms. The summed E-state index contributed by atoms with van der Waals surface area (Å²) < 4.78 is 0. The number of fused-ring (bicyclic) bond motifs is 2. The molecule has 0 amide bonds. The maximum Gasteiger partial charge on any atom is 0.212 e. The lowest BCUT2D eigenvalue weighted by atomic mass is 9.85. The third-order valence-electron chi connectivity index (χ3n) is 3.02. The lowest BCUT2D eigenvalue weighted by Crippen LogP contribution is -2.23. The van der Waals surface area contributed by atoms with E-state index in [1.807, 2.05) is 6.92 Å². The van der Waals surface area contributed by atoms with Gasteiger partial charge in [0, 0.05) is 17.3 Å². The van der Waals surface area contributed by atoms with Crippen LogP contribution < -0.4 is 0 Å². The van der Waals surface area contributed by atoms with Gasteiger partial charge in [0.25, 0.3) is 0 Å². The third-order valence-corrected chi connectivity index (χ3v) is 3.02. The summed E-state index contributed by atoms with van der Waals surface area (Å²) >= 11 is 0. The van der Waals surface area contributed by atoms with Gasteiger partial charge in [0.15, 0.2) is 5.78 Å². The number of rotatable bonds is 0. The van der Waals surface area contributed by atoms with E-state index in [1.165, 1.54) is 0 Å². The Balaban J connectivity index is 2.37. The highest BCUT2D eigenvalue weighted by Crippen LogP contribution is 2.27. The van der Waals surface area contributed by atoms with Crippen molar-refractivity contribution < 1.29 is 9.59 Å². The summed E-state index contributed by atoms with van der Waals surface area (Å²) in [6.45, 7) is 1.82. The van der Waals surface area contributed by atoms with Crippen LogP contribution >= 0.6 is 0 Å². The highest BCUT2D eigenvalue weighted by atomic mass is 16.1. The molecule has 1 aromatic carbocycles. The van der Waals surface area contributed by atoms with Crippen LogP contribution in [0.15, 0.2) is 36.5 Å². The molecule has 0 aliphatic heterocycles. The smallest absolute Gasteiger partial charge is 0.212 e. The minimum atomic E-state index is -0.168. The van der Waals surface area contributed by atoms with Crippen LogP contribution in [0.3, 0.4) is 0 Å². The molecule has 3 heteroatoms. The first-order chi connectivity index (χ1) is 8.20. The molecular formula is C14H9NO2. The molecule has 0 radical (unpaired) electrons. The molecule has 0 saturated heterocycles. The van der Waals surface area contributed by atoms with Crippen molar-refractivity contribution in [2.75, 3.05) is 0 Å². The van der Waals surface area contributed by atoms with Gasteiger partial charge in [-0.2, -0.15) is 0 Å². The van der Waals surface area contributed by atoms with Crippen molar-refractivity contribution in [2.45, 2.75) is 6.92 Å². The number of pyridine rings is 1. The standard InChI is InChI=1S/C14H9NO2/c1-8-6-7-15-12-11(8)13(16)9-4-2-3-5-10(9)14(12)17/h2-7H,1H3. The molecule has 0 unspecified atom stereocenters. The number of carbonyl (C=O) groups is 2. The molecule has 1 heterocycles. The average Bonchev–Trinajstić information content (AvgIpc) is 2.36. The van der Waals surface area contributed by atoms with Crippen LogP contribution in [0.2, 0.25) is 0 Å². The molecule has 3 rings (SSSR count). The maximum absolute atomic E-state index is 12.3. The Morgan fingerprint density at radius 3 is 2.29 bits per heavy atom. The number of nitrogens with zero attached hydrogens (tertiary/aromatic N) is 1. The van der Waals surface area contributed by atoms with Gasteiger partial charge in [0.05, 0.1) is 5.56 Å². The minimum absolute atomic E-state index is 0.110. The molecule has 1 aliphatic carbocycles. The fourth-order valence-electron chi connectivity index (χ4n) is 2.16. The first-order valence-electron chi connectivity index (χ1n) is 5.34. The Bertz CT molecular complexity index is 659. The summed E-state index contributed by atoms with van der Waals surface area (Å²) in [4.78, 5) is 28.5. The Morgan fingerprint density at radius 1 is 0.941 bits per heavy atom. The lowest BCUT2D eigenvalue weighted by molar-refractivity contribution is 0.0975. The van der Waals surface area contributed by atoms with Crippen LogP contribution in [0.25, 0.3) is 0 Å². The number of ketones is 2. The highest BCUT2D eigenvalue weighted by molar-refractivity contribution is 6.28. The SMILES string of the molecule is Cc1ccnc2c1C(=O)c1ccccc1C2=O. The van der Waals surface area contributed by atoms with E-state index >= 15 is 0 Å². The van der Waals surface area contributed by atoms with Crippen LogP contribution in [0, 0.1) is 6.92 Å². The van der Waals surface area contributed by atoms with E-state index in [1.54, 1.807) is 36.5 Å². The van der Waals surface area contributed by atoms with E-state index in [4.69, 9.17) is 0 Å². The zero-order chi connectivity index (χ0) is 12.0. The predicted octanol–water partition coefficient (Wildman–Crippen LogP) is 2.17. The summed E-state index contributed by atoms with van der Waals surface area (Å²) in [7, 11) is 0. The van der Waals surface area contributed by atoms with E-state index in [2.05, 4.69) is 4.98 Å². The summed E-state index contributed by atoms with van der Waals surface area (Å²) in [6.07, 6.45) is 1.56. The topological polar surface area (TPSA) is 47.0 Å². The average molecular weight is 223 g/mol. The van der Waals surface area contributed by atoms with Gasteiger partial charge in [-0.05, 0) is 18.6 Å². The van der Waals surface area contributed by atoms with Crippen molar-refractivity contribution in [3.63, 3.8) is 0 Å². The van der Waals surface area contributed by atoms with Crippen molar-refractivity contribution in [2.24, 2.45) is 0 Å². The monoisotopic (exact) mass is 223 g/mol. The van der Waals surface area contributed by atoms with Crippen LogP contribution in [0.5, 0.6) is 0 Å². The van der Waals surface area contributed by atoms with Gasteiger partial charge in [-0.1, -0.05) is 24.3 Å². The maximum atomic E-state index is 12.3.